The number of likely N-dealkylation sites (tertiary alicyclic amines) is 1. The van der Waals surface area contributed by atoms with Crippen LogP contribution in [0.5, 0.6) is 0 Å². The summed E-state index contributed by atoms with van der Waals surface area (Å²) < 4.78 is 0. The topological polar surface area (TPSA) is 42.9 Å². The highest BCUT2D eigenvalue weighted by Crippen LogP contribution is 2.39. The fraction of sp³-hybridized carbons (Fsp3) is 0.700. The van der Waals surface area contributed by atoms with E-state index in [4.69, 9.17) is 0 Å². The van der Waals surface area contributed by atoms with Crippen molar-refractivity contribution in [2.75, 3.05) is 71.4 Å². The second-order valence-corrected chi connectivity index (χ2v) is 8.51. The van der Waals surface area contributed by atoms with Crippen molar-refractivity contribution < 1.29 is 4.79 Å². The van der Waals surface area contributed by atoms with E-state index < -0.39 is 0 Å². The van der Waals surface area contributed by atoms with E-state index >= 15 is 0 Å². The Hall–Kier alpha value is -1.66. The van der Waals surface area contributed by atoms with Gasteiger partial charge in [0, 0.05) is 63.0 Å². The number of pyridine rings is 1. The number of rotatable bonds is 2. The van der Waals surface area contributed by atoms with E-state index in [-0.39, 0.29) is 5.91 Å². The van der Waals surface area contributed by atoms with Gasteiger partial charge in [0.1, 0.15) is 5.82 Å². The minimum atomic E-state index is 0.147. The Morgan fingerprint density at radius 3 is 2.54 bits per heavy atom. The molecule has 1 atom stereocenters. The Kier molecular flexibility index (Phi) is 4.88. The summed E-state index contributed by atoms with van der Waals surface area (Å²) in [5.41, 5.74) is 1.19. The van der Waals surface area contributed by atoms with Crippen LogP contribution in [0.1, 0.15) is 29.6 Å². The maximum absolute atomic E-state index is 12.9. The van der Waals surface area contributed by atoms with Crippen LogP contribution in [-0.2, 0) is 0 Å². The molecular formula is C20H31N5O. The second-order valence-electron chi connectivity index (χ2n) is 8.51. The maximum Gasteiger partial charge on any atom is 0.254 e. The van der Waals surface area contributed by atoms with Crippen molar-refractivity contribution >= 4 is 11.7 Å². The normalized spacial score (nSPS) is 28.1. The molecule has 0 aromatic carbocycles. The fourth-order valence-corrected chi connectivity index (χ4v) is 4.81. The highest BCUT2D eigenvalue weighted by atomic mass is 16.2. The first kappa shape index (κ1) is 17.7. The van der Waals surface area contributed by atoms with Crippen molar-refractivity contribution in [3.05, 3.63) is 23.9 Å². The lowest BCUT2D eigenvalue weighted by molar-refractivity contribution is 0.0664. The molecule has 1 aromatic rings. The number of piperidine rings is 1. The van der Waals surface area contributed by atoms with Crippen LogP contribution in [0.2, 0.25) is 0 Å². The van der Waals surface area contributed by atoms with E-state index in [9.17, 15) is 4.79 Å². The molecule has 6 heteroatoms. The monoisotopic (exact) mass is 357 g/mol. The Morgan fingerprint density at radius 2 is 1.81 bits per heavy atom. The van der Waals surface area contributed by atoms with Gasteiger partial charge in [-0.3, -0.25) is 4.79 Å². The highest BCUT2D eigenvalue weighted by molar-refractivity contribution is 5.95. The molecule has 3 saturated heterocycles. The van der Waals surface area contributed by atoms with Gasteiger partial charge >= 0.3 is 0 Å². The van der Waals surface area contributed by atoms with Gasteiger partial charge in [0.25, 0.3) is 5.91 Å². The number of hydrogen-bond donors (Lipinski definition) is 0. The molecule has 0 radical (unpaired) electrons. The van der Waals surface area contributed by atoms with Gasteiger partial charge in [-0.05, 0) is 52.0 Å². The van der Waals surface area contributed by atoms with Gasteiger partial charge in [0.05, 0.1) is 0 Å². The lowest BCUT2D eigenvalue weighted by Crippen LogP contribution is -2.47. The molecule has 0 saturated carbocycles. The third kappa shape index (κ3) is 3.58. The van der Waals surface area contributed by atoms with E-state index in [1.165, 1.54) is 32.4 Å². The van der Waals surface area contributed by atoms with Crippen molar-refractivity contribution in [2.24, 2.45) is 5.41 Å². The van der Waals surface area contributed by atoms with Crippen LogP contribution in [0.4, 0.5) is 5.82 Å². The molecule has 0 bridgehead atoms. The Morgan fingerprint density at radius 1 is 1.00 bits per heavy atom. The molecule has 3 aliphatic rings. The van der Waals surface area contributed by atoms with Crippen molar-refractivity contribution in [1.82, 2.24) is 19.7 Å². The van der Waals surface area contributed by atoms with Crippen LogP contribution >= 0.6 is 0 Å². The number of aromatic nitrogens is 1. The zero-order valence-electron chi connectivity index (χ0n) is 16.2. The molecule has 0 N–H and O–H groups in total. The molecule has 3 fully saturated rings. The number of amides is 1. The maximum atomic E-state index is 12.9. The van der Waals surface area contributed by atoms with Crippen molar-refractivity contribution in [2.45, 2.75) is 19.3 Å². The average molecular weight is 358 g/mol. The van der Waals surface area contributed by atoms with Crippen LogP contribution in [0.15, 0.2) is 18.3 Å². The number of anilines is 1. The Balaban J connectivity index is 1.48. The fourth-order valence-electron chi connectivity index (χ4n) is 4.81. The number of hydrogen-bond acceptors (Lipinski definition) is 5. The van der Waals surface area contributed by atoms with E-state index in [1.807, 2.05) is 17.0 Å². The number of piperazine rings is 1. The number of carbonyl (C=O) groups is 1. The molecule has 6 nitrogen and oxygen atoms in total. The van der Waals surface area contributed by atoms with Gasteiger partial charge < -0.3 is 19.6 Å². The molecule has 26 heavy (non-hydrogen) atoms. The van der Waals surface area contributed by atoms with Crippen molar-refractivity contribution in [3.8, 4) is 0 Å². The summed E-state index contributed by atoms with van der Waals surface area (Å²) in [5, 5.41) is 0. The van der Waals surface area contributed by atoms with Gasteiger partial charge in [-0.15, -0.1) is 0 Å². The van der Waals surface area contributed by atoms with Crippen LogP contribution in [0, 0.1) is 5.41 Å². The molecule has 4 heterocycles. The minimum absolute atomic E-state index is 0.147. The second kappa shape index (κ2) is 7.16. The third-order valence-electron chi connectivity index (χ3n) is 6.40. The van der Waals surface area contributed by atoms with Gasteiger partial charge in [0.2, 0.25) is 0 Å². The van der Waals surface area contributed by atoms with E-state index in [0.717, 1.165) is 50.6 Å². The predicted molar refractivity (Wildman–Crippen MR) is 104 cm³/mol. The first-order valence-corrected chi connectivity index (χ1v) is 9.92. The molecule has 1 unspecified atom stereocenters. The molecule has 1 amide bonds. The first-order valence-electron chi connectivity index (χ1n) is 9.92. The lowest BCUT2D eigenvalue weighted by Gasteiger charge is -2.41. The van der Waals surface area contributed by atoms with E-state index in [0.29, 0.717) is 5.41 Å². The zero-order chi connectivity index (χ0) is 18.1. The molecule has 4 rings (SSSR count). The average Bonchev–Trinajstić information content (AvgIpc) is 3.01. The zero-order valence-corrected chi connectivity index (χ0v) is 16.2. The minimum Gasteiger partial charge on any atom is -0.356 e. The standard InChI is InChI=1S/C20H31N5O/c1-22-10-12-24(13-11-22)19(26)17-4-7-21-18(14-17)25-8-3-5-20(16-25)6-9-23(2)15-20/h4,7,14H,3,5-6,8-13,15-16H2,1-2H3. The summed E-state index contributed by atoms with van der Waals surface area (Å²) in [6.45, 7) is 8.02. The van der Waals surface area contributed by atoms with Gasteiger partial charge in [-0.25, -0.2) is 4.98 Å². The molecule has 0 aliphatic carbocycles. The summed E-state index contributed by atoms with van der Waals surface area (Å²) in [7, 11) is 4.33. The van der Waals surface area contributed by atoms with Crippen molar-refractivity contribution in [1.29, 1.82) is 0 Å². The molecule has 142 valence electrons. The number of carbonyl (C=O) groups excluding carboxylic acids is 1. The summed E-state index contributed by atoms with van der Waals surface area (Å²) in [5.74, 6) is 1.12. The Bertz CT molecular complexity index is 653. The predicted octanol–water partition coefficient (Wildman–Crippen LogP) is 1.39. The van der Waals surface area contributed by atoms with Gasteiger partial charge in [0.15, 0.2) is 0 Å². The van der Waals surface area contributed by atoms with E-state index in [1.54, 1.807) is 6.20 Å². The number of likely N-dealkylation sites (N-methyl/N-ethyl adjacent to an activating group) is 1. The van der Waals surface area contributed by atoms with Crippen LogP contribution in [-0.4, -0.2) is 92.0 Å². The van der Waals surface area contributed by atoms with Crippen LogP contribution < -0.4 is 4.90 Å². The van der Waals surface area contributed by atoms with Gasteiger partial charge in [-0.2, -0.15) is 0 Å². The summed E-state index contributed by atoms with van der Waals surface area (Å²) in [6.07, 6.45) is 5.61. The summed E-state index contributed by atoms with van der Waals surface area (Å²) in [4.78, 5) is 26.6. The highest BCUT2D eigenvalue weighted by Gasteiger charge is 2.40. The third-order valence-corrected chi connectivity index (χ3v) is 6.40. The molecule has 1 spiro atoms. The van der Waals surface area contributed by atoms with Gasteiger partial charge in [-0.1, -0.05) is 0 Å². The SMILES string of the molecule is CN1CCN(C(=O)c2ccnc(N3CCCC4(CCN(C)C4)C3)c2)CC1. The molecule has 1 aromatic heterocycles. The Labute approximate surface area is 156 Å². The largest absolute Gasteiger partial charge is 0.356 e. The quantitative estimate of drug-likeness (QED) is 0.800. The molecule has 3 aliphatic heterocycles. The smallest absolute Gasteiger partial charge is 0.254 e. The van der Waals surface area contributed by atoms with Crippen LogP contribution in [0.25, 0.3) is 0 Å². The first-order chi connectivity index (χ1) is 12.5. The number of nitrogens with zero attached hydrogens (tertiary/aromatic N) is 5. The van der Waals surface area contributed by atoms with Crippen LogP contribution in [0.3, 0.4) is 0 Å². The summed E-state index contributed by atoms with van der Waals surface area (Å²) in [6, 6.07) is 3.88. The molecular weight excluding hydrogens is 326 g/mol. The van der Waals surface area contributed by atoms with E-state index in [2.05, 4.69) is 33.8 Å². The summed E-state index contributed by atoms with van der Waals surface area (Å²) >= 11 is 0. The lowest BCUT2D eigenvalue weighted by atomic mass is 9.79. The van der Waals surface area contributed by atoms with Crippen molar-refractivity contribution in [3.63, 3.8) is 0 Å².